The second-order valence-electron chi connectivity index (χ2n) is 7.49. The maximum atomic E-state index is 12.8. The zero-order valence-electron chi connectivity index (χ0n) is 16.6. The van der Waals surface area contributed by atoms with Gasteiger partial charge < -0.3 is 19.1 Å². The number of ether oxygens (including phenoxy) is 3. The van der Waals surface area contributed by atoms with E-state index in [0.717, 1.165) is 10.4 Å². The number of methoxy groups -OCH3 is 1. The van der Waals surface area contributed by atoms with Crippen LogP contribution in [0.2, 0.25) is 0 Å². The Labute approximate surface area is 169 Å². The zero-order chi connectivity index (χ0) is 20.3. The molecule has 2 heterocycles. The number of esters is 1. The Morgan fingerprint density at radius 1 is 1.11 bits per heavy atom. The Balaban J connectivity index is 1.82. The highest BCUT2D eigenvalue weighted by Crippen LogP contribution is 2.33. The highest BCUT2D eigenvalue weighted by Gasteiger charge is 2.23. The molecule has 7 heteroatoms. The van der Waals surface area contributed by atoms with E-state index in [9.17, 15) is 9.59 Å². The minimum atomic E-state index is -0.536. The molecule has 150 valence electrons. The SMILES string of the molecule is COc1cc(-c2ccc(C(=O)OC(C)(C)C)s2)ccc1C(=O)N1CCOCC1. The van der Waals surface area contributed by atoms with Gasteiger partial charge in [0.15, 0.2) is 0 Å². The van der Waals surface area contributed by atoms with Crippen LogP contribution in [0, 0.1) is 0 Å². The Bertz CT molecular complexity index is 862. The largest absolute Gasteiger partial charge is 0.496 e. The number of hydrogen-bond acceptors (Lipinski definition) is 6. The van der Waals surface area contributed by atoms with Gasteiger partial charge in [-0.3, -0.25) is 4.79 Å². The van der Waals surface area contributed by atoms with Gasteiger partial charge >= 0.3 is 5.97 Å². The van der Waals surface area contributed by atoms with Crippen LogP contribution in [0.4, 0.5) is 0 Å². The first kappa shape index (κ1) is 20.4. The number of benzene rings is 1. The van der Waals surface area contributed by atoms with Crippen molar-refractivity contribution in [1.82, 2.24) is 4.90 Å². The lowest BCUT2D eigenvalue weighted by Gasteiger charge is -2.27. The van der Waals surface area contributed by atoms with Crippen LogP contribution in [-0.4, -0.2) is 55.8 Å². The molecule has 0 bridgehead atoms. The number of carbonyl (C=O) groups is 2. The fourth-order valence-electron chi connectivity index (χ4n) is 2.89. The number of morpholine rings is 1. The minimum absolute atomic E-state index is 0.0627. The predicted molar refractivity (Wildman–Crippen MR) is 108 cm³/mol. The maximum Gasteiger partial charge on any atom is 0.348 e. The molecule has 1 aromatic carbocycles. The van der Waals surface area contributed by atoms with Crippen LogP contribution in [0.3, 0.4) is 0 Å². The summed E-state index contributed by atoms with van der Waals surface area (Å²) in [4.78, 5) is 28.3. The third-order valence-corrected chi connectivity index (χ3v) is 5.34. The van der Waals surface area contributed by atoms with Crippen molar-refractivity contribution in [2.24, 2.45) is 0 Å². The normalized spacial score (nSPS) is 14.6. The third kappa shape index (κ3) is 4.72. The lowest BCUT2D eigenvalue weighted by Crippen LogP contribution is -2.40. The Kier molecular flexibility index (Phi) is 6.05. The van der Waals surface area contributed by atoms with Crippen LogP contribution in [0.25, 0.3) is 10.4 Å². The first-order valence-electron chi connectivity index (χ1n) is 9.17. The fourth-order valence-corrected chi connectivity index (χ4v) is 3.77. The zero-order valence-corrected chi connectivity index (χ0v) is 17.4. The van der Waals surface area contributed by atoms with E-state index in [1.54, 1.807) is 24.1 Å². The van der Waals surface area contributed by atoms with Gasteiger partial charge in [-0.15, -0.1) is 11.3 Å². The Morgan fingerprint density at radius 3 is 2.46 bits per heavy atom. The summed E-state index contributed by atoms with van der Waals surface area (Å²) in [5.41, 5.74) is 0.874. The molecule has 0 atom stereocenters. The number of hydrogen-bond donors (Lipinski definition) is 0. The lowest BCUT2D eigenvalue weighted by molar-refractivity contribution is 0.00751. The Hall–Kier alpha value is -2.38. The number of rotatable bonds is 4. The molecule has 1 aromatic heterocycles. The average molecular weight is 404 g/mol. The predicted octanol–water partition coefficient (Wildman–Crippen LogP) is 3.85. The molecule has 0 radical (unpaired) electrons. The van der Waals surface area contributed by atoms with E-state index in [1.165, 1.54) is 11.3 Å². The van der Waals surface area contributed by atoms with E-state index in [-0.39, 0.29) is 11.9 Å². The molecule has 1 aliphatic heterocycles. The number of carbonyl (C=O) groups excluding carboxylic acids is 2. The Morgan fingerprint density at radius 2 is 1.82 bits per heavy atom. The van der Waals surface area contributed by atoms with E-state index >= 15 is 0 Å². The second-order valence-corrected chi connectivity index (χ2v) is 8.57. The number of thiophene rings is 1. The van der Waals surface area contributed by atoms with Crippen LogP contribution in [0.5, 0.6) is 5.75 Å². The van der Waals surface area contributed by atoms with Crippen LogP contribution in [-0.2, 0) is 9.47 Å². The van der Waals surface area contributed by atoms with E-state index in [1.807, 2.05) is 39.0 Å². The van der Waals surface area contributed by atoms with Crippen LogP contribution < -0.4 is 4.74 Å². The smallest absolute Gasteiger partial charge is 0.348 e. The van der Waals surface area contributed by atoms with Gasteiger partial charge in [0.1, 0.15) is 16.2 Å². The average Bonchev–Trinajstić information content (AvgIpc) is 3.17. The second kappa shape index (κ2) is 8.32. The summed E-state index contributed by atoms with van der Waals surface area (Å²) in [5, 5.41) is 0. The molecular formula is C21H25NO5S. The van der Waals surface area contributed by atoms with E-state index in [0.29, 0.717) is 42.5 Å². The first-order chi connectivity index (χ1) is 13.3. The van der Waals surface area contributed by atoms with Gasteiger partial charge in [-0.2, -0.15) is 0 Å². The van der Waals surface area contributed by atoms with Gasteiger partial charge in [-0.25, -0.2) is 4.79 Å². The highest BCUT2D eigenvalue weighted by atomic mass is 32.1. The molecule has 0 N–H and O–H groups in total. The summed E-state index contributed by atoms with van der Waals surface area (Å²) in [5.74, 6) is 0.114. The van der Waals surface area contributed by atoms with Crippen LogP contribution in [0.15, 0.2) is 30.3 Å². The van der Waals surface area contributed by atoms with Crippen molar-refractivity contribution in [3.63, 3.8) is 0 Å². The maximum absolute atomic E-state index is 12.8. The van der Waals surface area contributed by atoms with Gasteiger partial charge in [-0.1, -0.05) is 6.07 Å². The summed E-state index contributed by atoms with van der Waals surface area (Å²) in [6, 6.07) is 9.12. The summed E-state index contributed by atoms with van der Waals surface area (Å²) < 4.78 is 16.2. The van der Waals surface area contributed by atoms with Crippen molar-refractivity contribution >= 4 is 23.2 Å². The summed E-state index contributed by atoms with van der Waals surface area (Å²) in [6.07, 6.45) is 0. The summed E-state index contributed by atoms with van der Waals surface area (Å²) in [7, 11) is 1.55. The molecule has 0 aliphatic carbocycles. The molecule has 1 saturated heterocycles. The fraction of sp³-hybridized carbons (Fsp3) is 0.429. The molecule has 3 rings (SSSR count). The molecule has 0 unspecified atom stereocenters. The van der Waals surface area contributed by atoms with Crippen molar-refractivity contribution in [2.75, 3.05) is 33.4 Å². The van der Waals surface area contributed by atoms with Gasteiger partial charge in [0.05, 0.1) is 25.9 Å². The molecule has 28 heavy (non-hydrogen) atoms. The number of nitrogens with zero attached hydrogens (tertiary/aromatic N) is 1. The quantitative estimate of drug-likeness (QED) is 0.726. The molecule has 6 nitrogen and oxygen atoms in total. The molecule has 1 aliphatic rings. The van der Waals surface area contributed by atoms with E-state index in [4.69, 9.17) is 14.2 Å². The van der Waals surface area contributed by atoms with Crippen LogP contribution >= 0.6 is 11.3 Å². The lowest BCUT2D eigenvalue weighted by atomic mass is 10.1. The molecule has 0 spiro atoms. The van der Waals surface area contributed by atoms with Crippen molar-refractivity contribution in [2.45, 2.75) is 26.4 Å². The topological polar surface area (TPSA) is 65.1 Å². The van der Waals surface area contributed by atoms with Crippen molar-refractivity contribution in [1.29, 1.82) is 0 Å². The van der Waals surface area contributed by atoms with Crippen LogP contribution in [0.1, 0.15) is 40.8 Å². The van der Waals surface area contributed by atoms with Gasteiger partial charge in [0, 0.05) is 18.0 Å². The molecule has 2 aromatic rings. The molecule has 1 amide bonds. The molecule has 0 saturated carbocycles. The summed E-state index contributed by atoms with van der Waals surface area (Å²) in [6.45, 7) is 7.78. The van der Waals surface area contributed by atoms with E-state index in [2.05, 4.69) is 0 Å². The van der Waals surface area contributed by atoms with Crippen molar-refractivity contribution < 1.29 is 23.8 Å². The van der Waals surface area contributed by atoms with Gasteiger partial charge in [0.2, 0.25) is 0 Å². The third-order valence-electron chi connectivity index (χ3n) is 4.22. The van der Waals surface area contributed by atoms with Crippen molar-refractivity contribution in [3.8, 4) is 16.2 Å². The standard InChI is InChI=1S/C21H25NO5S/c1-21(2,3)27-20(24)18-8-7-17(28-18)14-5-6-15(16(13-14)25-4)19(23)22-9-11-26-12-10-22/h5-8,13H,9-12H2,1-4H3. The molecular weight excluding hydrogens is 378 g/mol. The van der Waals surface area contributed by atoms with Gasteiger partial charge in [0.25, 0.3) is 5.91 Å². The number of amides is 1. The highest BCUT2D eigenvalue weighted by molar-refractivity contribution is 7.17. The van der Waals surface area contributed by atoms with Gasteiger partial charge in [-0.05, 0) is 50.6 Å². The minimum Gasteiger partial charge on any atom is -0.496 e. The first-order valence-corrected chi connectivity index (χ1v) is 9.99. The summed E-state index contributed by atoms with van der Waals surface area (Å²) >= 11 is 1.35. The molecule has 1 fully saturated rings. The van der Waals surface area contributed by atoms with Crippen molar-refractivity contribution in [3.05, 3.63) is 40.8 Å². The van der Waals surface area contributed by atoms with E-state index < -0.39 is 5.60 Å². The monoisotopic (exact) mass is 403 g/mol.